The minimum absolute atomic E-state index is 0.280. The maximum absolute atomic E-state index is 5.91. The molecule has 0 aliphatic carbocycles. The van der Waals surface area contributed by atoms with Crippen LogP contribution in [0.4, 0.5) is 0 Å². The largest absolute Gasteiger partial charge is 0.492 e. The third kappa shape index (κ3) is 5.78. The van der Waals surface area contributed by atoms with Crippen LogP contribution < -0.4 is 4.74 Å². The van der Waals surface area contributed by atoms with Crippen LogP contribution in [-0.4, -0.2) is 77.5 Å². The van der Waals surface area contributed by atoms with Crippen molar-refractivity contribution in [2.24, 2.45) is 5.92 Å². The van der Waals surface area contributed by atoms with E-state index >= 15 is 0 Å². The van der Waals surface area contributed by atoms with Crippen molar-refractivity contribution in [3.63, 3.8) is 0 Å². The molecule has 4 rings (SSSR count). The molecule has 7 nitrogen and oxygen atoms in total. The number of rotatable bonds is 7. The second-order valence-electron chi connectivity index (χ2n) is 8.14. The van der Waals surface area contributed by atoms with Crippen LogP contribution in [0.5, 0.6) is 5.75 Å². The van der Waals surface area contributed by atoms with E-state index in [1.165, 1.54) is 0 Å². The Balaban J connectivity index is 1.36. The zero-order valence-corrected chi connectivity index (χ0v) is 17.4. The summed E-state index contributed by atoms with van der Waals surface area (Å²) in [4.78, 5) is 9.79. The predicted octanol–water partition coefficient (Wildman–Crippen LogP) is 2.67. The van der Waals surface area contributed by atoms with Gasteiger partial charge in [0.2, 0.25) is 0 Å². The summed E-state index contributed by atoms with van der Waals surface area (Å²) in [7, 11) is 0. The Morgan fingerprint density at radius 1 is 1.10 bits per heavy atom. The first-order valence-electron chi connectivity index (χ1n) is 10.9. The number of H-pyrrole nitrogens is 1. The maximum Gasteiger partial charge on any atom is 0.167 e. The van der Waals surface area contributed by atoms with Gasteiger partial charge in [-0.3, -0.25) is 14.9 Å². The summed E-state index contributed by atoms with van der Waals surface area (Å²) in [6.07, 6.45) is 3.36. The molecule has 1 aromatic heterocycles. The number of aromatic nitrogens is 3. The maximum atomic E-state index is 5.91. The normalized spacial score (nSPS) is 22.4. The molecule has 7 heteroatoms. The lowest BCUT2D eigenvalue weighted by molar-refractivity contribution is 0.0451. The Labute approximate surface area is 173 Å². The van der Waals surface area contributed by atoms with Crippen molar-refractivity contribution in [2.45, 2.75) is 32.2 Å². The van der Waals surface area contributed by atoms with Gasteiger partial charge in [-0.05, 0) is 44.2 Å². The van der Waals surface area contributed by atoms with Gasteiger partial charge < -0.3 is 9.47 Å². The zero-order chi connectivity index (χ0) is 19.9. The number of para-hydroxylation sites is 1. The summed E-state index contributed by atoms with van der Waals surface area (Å²) in [6, 6.07) is 10.3. The van der Waals surface area contributed by atoms with Gasteiger partial charge in [0.15, 0.2) is 5.82 Å². The van der Waals surface area contributed by atoms with E-state index < -0.39 is 0 Å². The second kappa shape index (κ2) is 10.2. The van der Waals surface area contributed by atoms with Crippen molar-refractivity contribution in [3.8, 4) is 5.75 Å². The van der Waals surface area contributed by atoms with Gasteiger partial charge in [0.25, 0.3) is 0 Å². The van der Waals surface area contributed by atoms with E-state index in [-0.39, 0.29) is 6.04 Å². The molecule has 1 unspecified atom stereocenters. The van der Waals surface area contributed by atoms with Crippen LogP contribution >= 0.6 is 0 Å². The van der Waals surface area contributed by atoms with E-state index in [9.17, 15) is 0 Å². The van der Waals surface area contributed by atoms with Gasteiger partial charge in [-0.15, -0.1) is 0 Å². The molecule has 1 atom stereocenters. The van der Waals surface area contributed by atoms with Crippen LogP contribution in [0.3, 0.4) is 0 Å². The van der Waals surface area contributed by atoms with E-state index in [4.69, 9.17) is 9.47 Å². The Bertz CT molecular complexity index is 732. The fourth-order valence-corrected chi connectivity index (χ4v) is 4.34. The van der Waals surface area contributed by atoms with Gasteiger partial charge in [0.1, 0.15) is 18.2 Å². The van der Waals surface area contributed by atoms with Gasteiger partial charge in [-0.2, -0.15) is 5.10 Å². The highest BCUT2D eigenvalue weighted by Gasteiger charge is 2.30. The molecule has 158 valence electrons. The van der Waals surface area contributed by atoms with Gasteiger partial charge in [-0.25, -0.2) is 4.98 Å². The smallest absolute Gasteiger partial charge is 0.167 e. The zero-order valence-electron chi connectivity index (χ0n) is 17.4. The summed E-state index contributed by atoms with van der Waals surface area (Å²) in [6.45, 7) is 9.67. The van der Waals surface area contributed by atoms with Gasteiger partial charge in [-0.1, -0.05) is 18.2 Å². The quantitative estimate of drug-likeness (QED) is 0.772. The average Bonchev–Trinajstić information content (AvgIpc) is 3.08. The van der Waals surface area contributed by atoms with Crippen LogP contribution in [-0.2, 0) is 4.74 Å². The molecule has 0 spiro atoms. The number of hydrogen-bond acceptors (Lipinski definition) is 6. The summed E-state index contributed by atoms with van der Waals surface area (Å²) < 4.78 is 11.5. The molecule has 0 bridgehead atoms. The number of nitrogens with one attached hydrogen (secondary N) is 1. The summed E-state index contributed by atoms with van der Waals surface area (Å²) in [5, 5.41) is 7.54. The third-order valence-electron chi connectivity index (χ3n) is 6.03. The SMILES string of the molecule is Cc1nc(C2CCN(CCOc3ccccc3)CCN2CC2CCOCC2)n[nH]1. The Kier molecular flexibility index (Phi) is 7.14. The molecule has 0 saturated carbocycles. The van der Waals surface area contributed by atoms with Crippen molar-refractivity contribution in [1.29, 1.82) is 0 Å². The molecule has 1 aromatic carbocycles. The van der Waals surface area contributed by atoms with Crippen LogP contribution in [0.25, 0.3) is 0 Å². The highest BCUT2D eigenvalue weighted by atomic mass is 16.5. The van der Waals surface area contributed by atoms with Crippen molar-refractivity contribution in [3.05, 3.63) is 42.0 Å². The second-order valence-corrected chi connectivity index (χ2v) is 8.14. The molecule has 2 saturated heterocycles. The topological polar surface area (TPSA) is 66.5 Å². The third-order valence-corrected chi connectivity index (χ3v) is 6.03. The van der Waals surface area contributed by atoms with E-state index in [0.717, 1.165) is 82.6 Å². The number of ether oxygens (including phenoxy) is 2. The van der Waals surface area contributed by atoms with Crippen molar-refractivity contribution in [2.75, 3.05) is 52.5 Å². The van der Waals surface area contributed by atoms with Gasteiger partial charge in [0, 0.05) is 45.9 Å². The van der Waals surface area contributed by atoms with E-state index in [1.54, 1.807) is 0 Å². The lowest BCUT2D eigenvalue weighted by Gasteiger charge is -2.33. The molecule has 2 aliphatic heterocycles. The highest BCUT2D eigenvalue weighted by molar-refractivity contribution is 5.20. The molecule has 0 amide bonds. The number of aryl methyl sites for hydroxylation is 1. The van der Waals surface area contributed by atoms with Crippen LogP contribution in [0, 0.1) is 12.8 Å². The Morgan fingerprint density at radius 3 is 2.69 bits per heavy atom. The summed E-state index contributed by atoms with van der Waals surface area (Å²) in [5.74, 6) is 3.48. The molecule has 0 radical (unpaired) electrons. The summed E-state index contributed by atoms with van der Waals surface area (Å²) >= 11 is 0. The van der Waals surface area contributed by atoms with E-state index in [0.29, 0.717) is 12.5 Å². The molecule has 1 N–H and O–H groups in total. The first-order chi connectivity index (χ1) is 14.3. The fraction of sp³-hybridized carbons (Fsp3) is 0.636. The minimum Gasteiger partial charge on any atom is -0.492 e. The average molecular weight is 400 g/mol. The van der Waals surface area contributed by atoms with Crippen molar-refractivity contribution in [1.82, 2.24) is 25.0 Å². The number of hydrogen-bond donors (Lipinski definition) is 1. The van der Waals surface area contributed by atoms with Gasteiger partial charge >= 0.3 is 0 Å². The van der Waals surface area contributed by atoms with Crippen molar-refractivity contribution < 1.29 is 9.47 Å². The number of benzene rings is 1. The summed E-state index contributed by atoms with van der Waals surface area (Å²) in [5.41, 5.74) is 0. The molecule has 2 aliphatic rings. The predicted molar refractivity (Wildman–Crippen MR) is 112 cm³/mol. The number of nitrogens with zero attached hydrogens (tertiary/aromatic N) is 4. The Hall–Kier alpha value is -1.96. The molecule has 3 heterocycles. The van der Waals surface area contributed by atoms with Crippen molar-refractivity contribution >= 4 is 0 Å². The van der Waals surface area contributed by atoms with Crippen LogP contribution in [0.2, 0.25) is 0 Å². The first-order valence-corrected chi connectivity index (χ1v) is 10.9. The highest BCUT2D eigenvalue weighted by Crippen LogP contribution is 2.27. The standard InChI is InChI=1S/C22H33N5O2/c1-18-23-22(25-24-18)21-7-10-26(13-16-29-20-5-3-2-4-6-20)11-12-27(21)17-19-8-14-28-15-9-19/h2-6,19,21H,7-17H2,1H3,(H,23,24,25). The lowest BCUT2D eigenvalue weighted by atomic mass is 9.98. The Morgan fingerprint density at radius 2 is 1.93 bits per heavy atom. The monoisotopic (exact) mass is 399 g/mol. The molecule has 29 heavy (non-hydrogen) atoms. The molecular formula is C22H33N5O2. The lowest BCUT2D eigenvalue weighted by Crippen LogP contribution is -2.38. The van der Waals surface area contributed by atoms with E-state index in [2.05, 4.69) is 25.0 Å². The fourth-order valence-electron chi connectivity index (χ4n) is 4.34. The van der Waals surface area contributed by atoms with Crippen LogP contribution in [0.1, 0.15) is 37.0 Å². The van der Waals surface area contributed by atoms with Crippen LogP contribution in [0.15, 0.2) is 30.3 Å². The minimum atomic E-state index is 0.280. The molecule has 2 aromatic rings. The molecular weight excluding hydrogens is 366 g/mol. The molecule has 2 fully saturated rings. The first kappa shape index (κ1) is 20.3. The number of aromatic amines is 1. The van der Waals surface area contributed by atoms with E-state index in [1.807, 2.05) is 37.3 Å². The van der Waals surface area contributed by atoms with Gasteiger partial charge in [0.05, 0.1) is 6.04 Å².